The van der Waals surface area contributed by atoms with Crippen LogP contribution in [0.4, 0.5) is 0 Å². The Morgan fingerprint density at radius 3 is 3.00 bits per heavy atom. The third kappa shape index (κ3) is 5.74. The summed E-state index contributed by atoms with van der Waals surface area (Å²) < 4.78 is 5.50. The second kappa shape index (κ2) is 6.80. The average molecular weight is 214 g/mol. The predicted octanol–water partition coefficient (Wildman–Crippen LogP) is 0.527. The zero-order valence-electron chi connectivity index (χ0n) is 9.71. The molecule has 0 aliphatic carbocycles. The Labute approximate surface area is 91.8 Å². The van der Waals surface area contributed by atoms with Gasteiger partial charge >= 0.3 is 0 Å². The molecule has 0 radical (unpaired) electrons. The molecule has 0 aromatic carbocycles. The molecule has 0 saturated carbocycles. The van der Waals surface area contributed by atoms with Gasteiger partial charge < -0.3 is 15.4 Å². The third-order valence-corrected chi connectivity index (χ3v) is 2.41. The van der Waals surface area contributed by atoms with Gasteiger partial charge in [-0.3, -0.25) is 4.79 Å². The van der Waals surface area contributed by atoms with Gasteiger partial charge in [0.25, 0.3) is 0 Å². The highest BCUT2D eigenvalue weighted by atomic mass is 16.5. The van der Waals surface area contributed by atoms with Crippen molar-refractivity contribution in [1.82, 2.24) is 10.6 Å². The Kier molecular flexibility index (Phi) is 5.65. The smallest absolute Gasteiger partial charge is 0.246 e. The number of hydrogen-bond acceptors (Lipinski definition) is 3. The van der Waals surface area contributed by atoms with Crippen LogP contribution in [-0.2, 0) is 9.53 Å². The molecular weight excluding hydrogens is 192 g/mol. The van der Waals surface area contributed by atoms with Gasteiger partial charge in [-0.1, -0.05) is 13.8 Å². The fraction of sp³-hybridized carbons (Fsp3) is 0.909. The van der Waals surface area contributed by atoms with E-state index in [1.165, 1.54) is 0 Å². The van der Waals surface area contributed by atoms with E-state index in [1.807, 2.05) is 0 Å². The van der Waals surface area contributed by atoms with E-state index >= 15 is 0 Å². The summed E-state index contributed by atoms with van der Waals surface area (Å²) in [6, 6.07) is 0. The van der Waals surface area contributed by atoms with Crippen molar-refractivity contribution in [1.29, 1.82) is 0 Å². The molecule has 0 spiro atoms. The van der Waals surface area contributed by atoms with Crippen molar-refractivity contribution in [2.45, 2.75) is 32.8 Å². The summed E-state index contributed by atoms with van der Waals surface area (Å²) in [6.45, 7) is 7.01. The lowest BCUT2D eigenvalue weighted by atomic mass is 10.1. The van der Waals surface area contributed by atoms with E-state index in [0.717, 1.165) is 32.5 Å². The zero-order chi connectivity index (χ0) is 11.1. The van der Waals surface area contributed by atoms with Crippen LogP contribution in [-0.4, -0.2) is 38.3 Å². The van der Waals surface area contributed by atoms with Crippen molar-refractivity contribution < 1.29 is 9.53 Å². The van der Waals surface area contributed by atoms with Crippen LogP contribution in [0.5, 0.6) is 0 Å². The molecule has 1 fully saturated rings. The van der Waals surface area contributed by atoms with Crippen molar-refractivity contribution in [3.8, 4) is 0 Å². The molecule has 0 unspecified atom stereocenters. The molecule has 1 aliphatic rings. The van der Waals surface area contributed by atoms with E-state index in [9.17, 15) is 4.79 Å². The van der Waals surface area contributed by atoms with E-state index in [0.29, 0.717) is 5.92 Å². The fourth-order valence-corrected chi connectivity index (χ4v) is 1.52. The SMILES string of the molecule is CC(C)CNC(=O)CO[C@@H]1CCCNC1. The number of hydrogen-bond donors (Lipinski definition) is 2. The van der Waals surface area contributed by atoms with Gasteiger partial charge in [-0.2, -0.15) is 0 Å². The maximum absolute atomic E-state index is 11.3. The second-order valence-corrected chi connectivity index (χ2v) is 4.48. The van der Waals surface area contributed by atoms with Gasteiger partial charge in [0.15, 0.2) is 0 Å². The van der Waals surface area contributed by atoms with E-state index in [2.05, 4.69) is 24.5 Å². The van der Waals surface area contributed by atoms with Crippen LogP contribution in [0.25, 0.3) is 0 Å². The van der Waals surface area contributed by atoms with Gasteiger partial charge in [-0.05, 0) is 25.3 Å². The van der Waals surface area contributed by atoms with Crippen LogP contribution in [0, 0.1) is 5.92 Å². The minimum Gasteiger partial charge on any atom is -0.367 e. The normalized spacial score (nSPS) is 21.7. The van der Waals surface area contributed by atoms with Gasteiger partial charge in [-0.25, -0.2) is 0 Å². The monoisotopic (exact) mass is 214 g/mol. The molecule has 1 saturated heterocycles. The molecule has 1 rings (SSSR count). The Balaban J connectivity index is 2.05. The van der Waals surface area contributed by atoms with Gasteiger partial charge in [0.05, 0.1) is 6.10 Å². The minimum atomic E-state index is -0.00530. The van der Waals surface area contributed by atoms with Crippen molar-refractivity contribution >= 4 is 5.91 Å². The maximum Gasteiger partial charge on any atom is 0.246 e. The fourth-order valence-electron chi connectivity index (χ4n) is 1.52. The number of carbonyl (C=O) groups is 1. The Morgan fingerprint density at radius 1 is 1.60 bits per heavy atom. The third-order valence-electron chi connectivity index (χ3n) is 2.41. The van der Waals surface area contributed by atoms with Crippen LogP contribution in [0.3, 0.4) is 0 Å². The Hall–Kier alpha value is -0.610. The van der Waals surface area contributed by atoms with E-state index in [-0.39, 0.29) is 18.6 Å². The maximum atomic E-state index is 11.3. The first-order valence-electron chi connectivity index (χ1n) is 5.77. The first-order valence-corrected chi connectivity index (χ1v) is 5.77. The lowest BCUT2D eigenvalue weighted by Crippen LogP contribution is -2.38. The largest absolute Gasteiger partial charge is 0.367 e. The molecule has 4 heteroatoms. The molecule has 0 bridgehead atoms. The van der Waals surface area contributed by atoms with Gasteiger partial charge in [-0.15, -0.1) is 0 Å². The Morgan fingerprint density at radius 2 is 2.40 bits per heavy atom. The molecule has 1 aliphatic heterocycles. The van der Waals surface area contributed by atoms with E-state index < -0.39 is 0 Å². The van der Waals surface area contributed by atoms with E-state index in [4.69, 9.17) is 4.74 Å². The summed E-state index contributed by atoms with van der Waals surface area (Å²) in [5.74, 6) is 0.486. The number of piperidine rings is 1. The summed E-state index contributed by atoms with van der Waals surface area (Å²) in [4.78, 5) is 11.3. The number of ether oxygens (including phenoxy) is 1. The summed E-state index contributed by atoms with van der Waals surface area (Å²) in [6.07, 6.45) is 2.41. The van der Waals surface area contributed by atoms with Crippen LogP contribution < -0.4 is 10.6 Å². The Bertz CT molecular complexity index is 189. The van der Waals surface area contributed by atoms with Crippen molar-refractivity contribution in [3.05, 3.63) is 0 Å². The van der Waals surface area contributed by atoms with Crippen LogP contribution >= 0.6 is 0 Å². The molecule has 1 heterocycles. The summed E-state index contributed by atoms with van der Waals surface area (Å²) in [5.41, 5.74) is 0. The quantitative estimate of drug-likeness (QED) is 0.702. The molecule has 0 aromatic rings. The minimum absolute atomic E-state index is 0.00530. The number of carbonyl (C=O) groups excluding carboxylic acids is 1. The van der Waals surface area contributed by atoms with Crippen LogP contribution in [0.2, 0.25) is 0 Å². The number of rotatable bonds is 5. The summed E-state index contributed by atoms with van der Waals surface area (Å²) in [5, 5.41) is 6.09. The topological polar surface area (TPSA) is 50.4 Å². The molecule has 1 amide bonds. The average Bonchev–Trinajstić information content (AvgIpc) is 2.25. The van der Waals surface area contributed by atoms with Crippen molar-refractivity contribution in [3.63, 3.8) is 0 Å². The zero-order valence-corrected chi connectivity index (χ0v) is 9.71. The van der Waals surface area contributed by atoms with Crippen LogP contribution in [0.1, 0.15) is 26.7 Å². The van der Waals surface area contributed by atoms with Gasteiger partial charge in [0.2, 0.25) is 5.91 Å². The first kappa shape index (κ1) is 12.5. The lowest BCUT2D eigenvalue weighted by molar-refractivity contribution is -0.128. The highest BCUT2D eigenvalue weighted by Crippen LogP contribution is 2.05. The molecule has 15 heavy (non-hydrogen) atoms. The predicted molar refractivity (Wildman–Crippen MR) is 59.7 cm³/mol. The number of nitrogens with one attached hydrogen (secondary N) is 2. The molecule has 88 valence electrons. The lowest BCUT2D eigenvalue weighted by Gasteiger charge is -2.22. The second-order valence-electron chi connectivity index (χ2n) is 4.48. The van der Waals surface area contributed by atoms with Crippen molar-refractivity contribution in [2.24, 2.45) is 5.92 Å². The van der Waals surface area contributed by atoms with Crippen LogP contribution in [0.15, 0.2) is 0 Å². The molecule has 4 nitrogen and oxygen atoms in total. The number of amides is 1. The first-order chi connectivity index (χ1) is 7.18. The highest BCUT2D eigenvalue weighted by molar-refractivity contribution is 5.77. The van der Waals surface area contributed by atoms with Gasteiger partial charge in [0, 0.05) is 13.1 Å². The van der Waals surface area contributed by atoms with Crippen molar-refractivity contribution in [2.75, 3.05) is 26.2 Å². The molecule has 2 N–H and O–H groups in total. The highest BCUT2D eigenvalue weighted by Gasteiger charge is 2.14. The molecular formula is C11H22N2O2. The molecule has 1 atom stereocenters. The molecule has 0 aromatic heterocycles. The van der Waals surface area contributed by atoms with Gasteiger partial charge in [0.1, 0.15) is 6.61 Å². The van der Waals surface area contributed by atoms with E-state index in [1.54, 1.807) is 0 Å². The summed E-state index contributed by atoms with van der Waals surface area (Å²) >= 11 is 0. The standard InChI is InChI=1S/C11H22N2O2/c1-9(2)6-13-11(14)8-15-10-4-3-5-12-7-10/h9-10,12H,3-8H2,1-2H3,(H,13,14)/t10-/m1/s1. The summed E-state index contributed by atoms with van der Waals surface area (Å²) in [7, 11) is 0.